The van der Waals surface area contributed by atoms with Crippen LogP contribution in [0.4, 0.5) is 0 Å². The first-order valence-electron chi connectivity index (χ1n) is 10.8. The fraction of sp³-hybridized carbons (Fsp3) is 0.192. The molecule has 5 nitrogen and oxygen atoms in total. The number of hydrogen-bond donors (Lipinski definition) is 1. The number of pyridine rings is 1. The van der Waals surface area contributed by atoms with Gasteiger partial charge in [-0.05, 0) is 31.9 Å². The molecule has 6 rings (SSSR count). The Balaban J connectivity index is 1.45. The predicted octanol–water partition coefficient (Wildman–Crippen LogP) is 5.67. The molecule has 1 unspecified atom stereocenters. The number of aliphatic hydroxyl groups is 1. The number of rotatable bonds is 3. The first kappa shape index (κ1) is 19.6. The normalized spacial score (nSPS) is 28.6. The van der Waals surface area contributed by atoms with E-state index in [0.717, 1.165) is 45.0 Å². The molecule has 3 aliphatic rings. The predicted molar refractivity (Wildman–Crippen MR) is 129 cm³/mol. The van der Waals surface area contributed by atoms with Crippen LogP contribution in [0.15, 0.2) is 88.7 Å². The van der Waals surface area contributed by atoms with Crippen molar-refractivity contribution in [1.29, 1.82) is 0 Å². The first-order valence-corrected chi connectivity index (χ1v) is 11.1. The van der Waals surface area contributed by atoms with Gasteiger partial charge < -0.3 is 5.11 Å². The summed E-state index contributed by atoms with van der Waals surface area (Å²) in [7, 11) is 0. The van der Waals surface area contributed by atoms with Gasteiger partial charge in [0.05, 0.1) is 35.1 Å². The van der Waals surface area contributed by atoms with Gasteiger partial charge in [0.1, 0.15) is 11.9 Å². The summed E-state index contributed by atoms with van der Waals surface area (Å²) in [4.78, 5) is 14.2. The molecule has 3 aromatic rings. The van der Waals surface area contributed by atoms with Gasteiger partial charge in [-0.15, -0.1) is 4.00 Å². The van der Waals surface area contributed by atoms with E-state index in [2.05, 4.69) is 41.4 Å². The SMILES string of the molecule is C[C@]1(O)C[C@@H](C2=NC(c3ccc4ccc(-c5ccccc5)nc4c3)=C3C=NC=C[N+]32Cl)C1. The van der Waals surface area contributed by atoms with Crippen LogP contribution in [0.1, 0.15) is 25.3 Å². The molecule has 0 saturated heterocycles. The fourth-order valence-corrected chi connectivity index (χ4v) is 5.21. The molecular formula is C26H22ClN4O+. The fourth-order valence-electron chi connectivity index (χ4n) is 4.86. The van der Waals surface area contributed by atoms with Crippen LogP contribution in [0, 0.1) is 5.92 Å². The third kappa shape index (κ3) is 3.05. The van der Waals surface area contributed by atoms with Crippen molar-refractivity contribution in [3.63, 3.8) is 0 Å². The highest BCUT2D eigenvalue weighted by atomic mass is 35.5. The minimum absolute atomic E-state index is 0.00486. The van der Waals surface area contributed by atoms with E-state index < -0.39 is 5.60 Å². The van der Waals surface area contributed by atoms with Crippen molar-refractivity contribution < 1.29 is 9.11 Å². The van der Waals surface area contributed by atoms with Crippen LogP contribution in [0.5, 0.6) is 0 Å². The van der Waals surface area contributed by atoms with Gasteiger partial charge in [-0.25, -0.2) is 4.98 Å². The first-order chi connectivity index (χ1) is 15.4. The number of aromatic nitrogens is 1. The van der Waals surface area contributed by atoms with Gasteiger partial charge in [0, 0.05) is 16.5 Å². The van der Waals surface area contributed by atoms with E-state index in [9.17, 15) is 5.11 Å². The molecule has 1 saturated carbocycles. The number of benzene rings is 2. The molecule has 32 heavy (non-hydrogen) atoms. The largest absolute Gasteiger partial charge is 0.390 e. The number of halogens is 1. The van der Waals surface area contributed by atoms with Crippen molar-refractivity contribution in [3.8, 4) is 11.3 Å². The van der Waals surface area contributed by atoms with Crippen molar-refractivity contribution in [2.24, 2.45) is 15.9 Å². The second kappa shape index (κ2) is 6.94. The molecule has 2 aromatic carbocycles. The van der Waals surface area contributed by atoms with Crippen LogP contribution < -0.4 is 0 Å². The average Bonchev–Trinajstić information content (AvgIpc) is 3.10. The van der Waals surface area contributed by atoms with Crippen LogP contribution in [0.3, 0.4) is 0 Å². The number of aliphatic imine (C=N–C) groups is 2. The molecule has 3 heterocycles. The van der Waals surface area contributed by atoms with Crippen molar-refractivity contribution in [2.45, 2.75) is 25.4 Å². The lowest BCUT2D eigenvalue weighted by molar-refractivity contribution is -0.605. The molecule has 6 heteroatoms. The molecule has 0 spiro atoms. The zero-order chi connectivity index (χ0) is 21.9. The maximum atomic E-state index is 10.3. The van der Waals surface area contributed by atoms with E-state index >= 15 is 0 Å². The monoisotopic (exact) mass is 441 g/mol. The van der Waals surface area contributed by atoms with E-state index in [1.807, 2.05) is 37.4 Å². The van der Waals surface area contributed by atoms with Gasteiger partial charge in [-0.1, -0.05) is 48.5 Å². The van der Waals surface area contributed by atoms with Gasteiger partial charge in [0.25, 0.3) is 0 Å². The van der Waals surface area contributed by atoms with Gasteiger partial charge in [0.2, 0.25) is 11.5 Å². The molecule has 0 radical (unpaired) electrons. The lowest BCUT2D eigenvalue weighted by Gasteiger charge is -2.41. The highest BCUT2D eigenvalue weighted by molar-refractivity contribution is 6.20. The average molecular weight is 442 g/mol. The Hall–Kier alpha value is -3.12. The topological polar surface area (TPSA) is 57.8 Å². The number of hydrogen-bond acceptors (Lipinski definition) is 4. The zero-order valence-corrected chi connectivity index (χ0v) is 18.4. The number of allylic oxidation sites excluding steroid dienone is 1. The third-order valence-electron chi connectivity index (χ3n) is 6.48. The number of amidine groups is 1. The summed E-state index contributed by atoms with van der Waals surface area (Å²) >= 11 is 7.08. The number of fused-ring (bicyclic) bond motifs is 2. The van der Waals surface area contributed by atoms with E-state index in [4.69, 9.17) is 21.8 Å². The molecule has 1 atom stereocenters. The van der Waals surface area contributed by atoms with Gasteiger partial charge in [-0.2, -0.15) is 4.99 Å². The Kier molecular flexibility index (Phi) is 4.24. The molecule has 1 aliphatic carbocycles. The van der Waals surface area contributed by atoms with Gasteiger partial charge in [0.15, 0.2) is 11.8 Å². The molecule has 0 bridgehead atoms. The number of nitrogens with zero attached hydrogens (tertiary/aromatic N) is 4. The van der Waals surface area contributed by atoms with Crippen molar-refractivity contribution in [1.82, 2.24) is 4.98 Å². The minimum Gasteiger partial charge on any atom is -0.390 e. The summed E-state index contributed by atoms with van der Waals surface area (Å²) in [6.45, 7) is 1.86. The minimum atomic E-state index is -0.652. The van der Waals surface area contributed by atoms with Crippen LogP contribution in [0.25, 0.3) is 27.9 Å². The Bertz CT molecular complexity index is 1370. The molecule has 1 aromatic heterocycles. The smallest absolute Gasteiger partial charge is 0.235 e. The molecule has 158 valence electrons. The summed E-state index contributed by atoms with van der Waals surface area (Å²) in [5.74, 6) is 0.978. The molecule has 1 fully saturated rings. The Morgan fingerprint density at radius 2 is 1.81 bits per heavy atom. The van der Waals surface area contributed by atoms with Crippen molar-refractivity contribution in [3.05, 3.63) is 84.3 Å². The second-order valence-electron chi connectivity index (χ2n) is 8.99. The highest BCUT2D eigenvalue weighted by Gasteiger charge is 2.54. The third-order valence-corrected chi connectivity index (χ3v) is 6.95. The Morgan fingerprint density at radius 1 is 1.03 bits per heavy atom. The van der Waals surface area contributed by atoms with Crippen LogP contribution in [-0.4, -0.2) is 31.7 Å². The molecule has 1 N–H and O–H groups in total. The summed E-state index contributed by atoms with van der Waals surface area (Å²) in [6, 6.07) is 20.5. The number of quaternary nitrogens is 1. The maximum Gasteiger partial charge on any atom is 0.235 e. The van der Waals surface area contributed by atoms with Gasteiger partial charge in [-0.3, -0.25) is 4.99 Å². The quantitative estimate of drug-likeness (QED) is 0.532. The lowest BCUT2D eigenvalue weighted by atomic mass is 9.71. The van der Waals surface area contributed by atoms with E-state index in [-0.39, 0.29) is 9.92 Å². The van der Waals surface area contributed by atoms with Crippen LogP contribution in [-0.2, 0) is 0 Å². The van der Waals surface area contributed by atoms with Crippen LogP contribution >= 0.6 is 11.8 Å². The van der Waals surface area contributed by atoms with Gasteiger partial charge >= 0.3 is 0 Å². The second-order valence-corrected chi connectivity index (χ2v) is 9.52. The summed E-state index contributed by atoms with van der Waals surface area (Å²) < 4.78 is -0.00486. The van der Waals surface area contributed by atoms with E-state index in [0.29, 0.717) is 12.8 Å². The van der Waals surface area contributed by atoms with E-state index in [1.54, 1.807) is 12.4 Å². The van der Waals surface area contributed by atoms with Crippen LogP contribution in [0.2, 0.25) is 0 Å². The van der Waals surface area contributed by atoms with Crippen molar-refractivity contribution in [2.75, 3.05) is 0 Å². The lowest BCUT2D eigenvalue weighted by Crippen LogP contribution is -2.51. The van der Waals surface area contributed by atoms with E-state index in [1.165, 1.54) is 0 Å². The summed E-state index contributed by atoms with van der Waals surface area (Å²) in [5, 5.41) is 11.3. The highest BCUT2D eigenvalue weighted by Crippen LogP contribution is 2.48. The molecular weight excluding hydrogens is 420 g/mol. The standard InChI is InChI=1S/C26H22ClN4O/c1-26(32)14-20(15-26)25-30-24(23-16-28-11-12-31(23,25)27)19-8-7-18-9-10-21(29-22(18)13-19)17-5-3-2-4-6-17/h2-13,16,20,32H,14-15H2,1H3/q+1/t20-,26+,31?. The summed E-state index contributed by atoms with van der Waals surface area (Å²) in [5.41, 5.74) is 4.86. The Morgan fingerprint density at radius 3 is 2.59 bits per heavy atom. The molecule has 2 aliphatic heterocycles. The Labute approximate surface area is 191 Å². The maximum absolute atomic E-state index is 10.3. The van der Waals surface area contributed by atoms with Crippen molar-refractivity contribution >= 4 is 40.4 Å². The zero-order valence-electron chi connectivity index (χ0n) is 17.6. The molecule has 0 amide bonds. The summed E-state index contributed by atoms with van der Waals surface area (Å²) in [6.07, 6.45) is 6.66.